The first-order chi connectivity index (χ1) is 12.9. The fourth-order valence-corrected chi connectivity index (χ4v) is 2.44. The van der Waals surface area contributed by atoms with Crippen molar-refractivity contribution < 1.29 is 34.1 Å². The van der Waals surface area contributed by atoms with Gasteiger partial charge in [0, 0.05) is 18.3 Å². The lowest BCUT2D eigenvalue weighted by molar-refractivity contribution is 0.0696. The minimum absolute atomic E-state index is 0.0309. The van der Waals surface area contributed by atoms with E-state index >= 15 is 0 Å². The molecule has 2 amide bonds. The molecule has 0 fully saturated rings. The number of ether oxygens (including phenoxy) is 1. The molecule has 0 spiro atoms. The van der Waals surface area contributed by atoms with E-state index in [9.17, 15) is 24.2 Å². The molecule has 27 heavy (non-hydrogen) atoms. The predicted molar refractivity (Wildman–Crippen MR) is 89.1 cm³/mol. The number of carbonyl (C=O) groups is 2. The first-order valence-corrected chi connectivity index (χ1v) is 7.73. The molecule has 0 saturated heterocycles. The number of nitrogens with one attached hydrogen (secondary N) is 1. The summed E-state index contributed by atoms with van der Waals surface area (Å²) < 4.78 is 17.8. The maximum atomic E-state index is 13.1. The Hall–Kier alpha value is -3.24. The lowest BCUT2D eigenvalue weighted by atomic mass is 10.1. The van der Waals surface area contributed by atoms with Crippen LogP contribution < -0.4 is 5.48 Å². The molecule has 2 aromatic rings. The third-order valence-corrected chi connectivity index (χ3v) is 3.80. The van der Waals surface area contributed by atoms with Crippen LogP contribution in [0.1, 0.15) is 27.2 Å². The van der Waals surface area contributed by atoms with E-state index in [1.165, 1.54) is 48.0 Å². The van der Waals surface area contributed by atoms with Gasteiger partial charge in [-0.3, -0.25) is 14.9 Å². The highest BCUT2D eigenvalue weighted by Crippen LogP contribution is 2.26. The van der Waals surface area contributed by atoms with Crippen molar-refractivity contribution in [1.82, 2.24) is 15.4 Å². The molecule has 0 aliphatic carbocycles. The van der Waals surface area contributed by atoms with E-state index in [4.69, 9.17) is 9.94 Å². The Kier molecular flexibility index (Phi) is 6.63. The Morgan fingerprint density at radius 1 is 1.26 bits per heavy atom. The van der Waals surface area contributed by atoms with Gasteiger partial charge in [0.05, 0.1) is 20.3 Å². The number of aliphatic hydroxyl groups excluding tert-OH is 1. The number of hydrogen-bond donors (Lipinski definition) is 4. The standard InChI is InChI=1S/C17H18FN3O6/c1-27-17(25)21(7-10-2-4-12(18)5-3-10)8-11-6-19-14(16(24)20-26)15(23)13(11)9-22/h2-6,22-23,26H,7-9H2,1H3,(H,20,24). The third kappa shape index (κ3) is 4.68. The number of aliphatic hydroxyl groups is 1. The quantitative estimate of drug-likeness (QED) is 0.439. The highest BCUT2D eigenvalue weighted by molar-refractivity contribution is 5.94. The van der Waals surface area contributed by atoms with Gasteiger partial charge in [-0.2, -0.15) is 0 Å². The highest BCUT2D eigenvalue weighted by atomic mass is 19.1. The van der Waals surface area contributed by atoms with Crippen LogP contribution in [0, 0.1) is 5.82 Å². The van der Waals surface area contributed by atoms with Crippen molar-refractivity contribution in [3.05, 3.63) is 58.7 Å². The fourth-order valence-electron chi connectivity index (χ4n) is 2.44. The number of aromatic nitrogens is 1. The summed E-state index contributed by atoms with van der Waals surface area (Å²) in [5.74, 6) is -2.09. The average Bonchev–Trinajstić information content (AvgIpc) is 2.68. The van der Waals surface area contributed by atoms with Gasteiger partial charge in [-0.1, -0.05) is 12.1 Å². The summed E-state index contributed by atoms with van der Waals surface area (Å²) in [5.41, 5.74) is 1.72. The smallest absolute Gasteiger partial charge is 0.410 e. The van der Waals surface area contributed by atoms with Gasteiger partial charge in [-0.25, -0.2) is 19.6 Å². The van der Waals surface area contributed by atoms with E-state index in [1.807, 2.05) is 0 Å². The number of methoxy groups -OCH3 is 1. The van der Waals surface area contributed by atoms with Gasteiger partial charge in [0.1, 0.15) is 5.82 Å². The second-order valence-electron chi connectivity index (χ2n) is 5.51. The molecule has 1 heterocycles. The van der Waals surface area contributed by atoms with E-state index in [0.717, 1.165) is 0 Å². The molecule has 0 radical (unpaired) electrons. The maximum absolute atomic E-state index is 13.1. The Morgan fingerprint density at radius 3 is 2.48 bits per heavy atom. The van der Waals surface area contributed by atoms with Crippen molar-refractivity contribution in [3.63, 3.8) is 0 Å². The normalized spacial score (nSPS) is 10.4. The first-order valence-electron chi connectivity index (χ1n) is 7.73. The van der Waals surface area contributed by atoms with Crippen molar-refractivity contribution in [2.24, 2.45) is 0 Å². The van der Waals surface area contributed by atoms with Gasteiger partial charge in [0.25, 0.3) is 5.91 Å². The van der Waals surface area contributed by atoms with Crippen LogP contribution in [0.3, 0.4) is 0 Å². The van der Waals surface area contributed by atoms with Crippen LogP contribution in [0.2, 0.25) is 0 Å². The molecule has 0 atom stereocenters. The maximum Gasteiger partial charge on any atom is 0.410 e. The largest absolute Gasteiger partial charge is 0.505 e. The van der Waals surface area contributed by atoms with Crippen LogP contribution >= 0.6 is 0 Å². The van der Waals surface area contributed by atoms with Crippen LogP contribution in [0.15, 0.2) is 30.5 Å². The number of carbonyl (C=O) groups excluding carboxylic acids is 2. The second kappa shape index (κ2) is 8.92. The zero-order valence-electron chi connectivity index (χ0n) is 14.3. The van der Waals surface area contributed by atoms with Crippen LogP contribution in [-0.4, -0.2) is 44.4 Å². The molecule has 0 unspecified atom stereocenters. The Bertz CT molecular complexity index is 828. The minimum Gasteiger partial charge on any atom is -0.505 e. The second-order valence-corrected chi connectivity index (χ2v) is 5.51. The van der Waals surface area contributed by atoms with Crippen LogP contribution in [0.25, 0.3) is 0 Å². The topological polar surface area (TPSA) is 132 Å². The SMILES string of the molecule is COC(=O)N(Cc1ccc(F)cc1)Cc1cnc(C(=O)NO)c(O)c1CO. The summed E-state index contributed by atoms with van der Waals surface area (Å²) in [5, 5.41) is 28.3. The molecule has 10 heteroatoms. The van der Waals surface area contributed by atoms with E-state index in [2.05, 4.69) is 4.98 Å². The molecular formula is C17H18FN3O6. The number of hydroxylamine groups is 1. The van der Waals surface area contributed by atoms with E-state index in [-0.39, 0.29) is 24.2 Å². The molecule has 0 aliphatic heterocycles. The van der Waals surface area contributed by atoms with E-state index in [0.29, 0.717) is 5.56 Å². The van der Waals surface area contributed by atoms with Crippen molar-refractivity contribution in [2.45, 2.75) is 19.7 Å². The van der Waals surface area contributed by atoms with E-state index in [1.54, 1.807) is 0 Å². The summed E-state index contributed by atoms with van der Waals surface area (Å²) >= 11 is 0. The number of hydrogen-bond acceptors (Lipinski definition) is 7. The van der Waals surface area contributed by atoms with Gasteiger partial charge in [-0.15, -0.1) is 0 Å². The van der Waals surface area contributed by atoms with Crippen molar-refractivity contribution >= 4 is 12.0 Å². The number of pyridine rings is 1. The zero-order valence-corrected chi connectivity index (χ0v) is 14.3. The summed E-state index contributed by atoms with van der Waals surface area (Å²) in [7, 11) is 1.19. The molecule has 4 N–H and O–H groups in total. The minimum atomic E-state index is -1.05. The molecule has 0 bridgehead atoms. The third-order valence-electron chi connectivity index (χ3n) is 3.80. The summed E-state index contributed by atoms with van der Waals surface area (Å²) in [4.78, 5) is 28.6. The van der Waals surface area contributed by atoms with Crippen LogP contribution in [0.5, 0.6) is 5.75 Å². The molecule has 9 nitrogen and oxygen atoms in total. The summed E-state index contributed by atoms with van der Waals surface area (Å²) in [6.45, 7) is -0.681. The lowest BCUT2D eigenvalue weighted by Gasteiger charge is -2.23. The number of amides is 2. The predicted octanol–water partition coefficient (Wildman–Crippen LogP) is 1.31. The van der Waals surface area contributed by atoms with Crippen molar-refractivity contribution in [3.8, 4) is 5.75 Å². The molecule has 1 aromatic carbocycles. The molecule has 0 aliphatic rings. The molecule has 2 rings (SSSR count). The molecule has 1 aromatic heterocycles. The summed E-state index contributed by atoms with van der Waals surface area (Å²) in [6.07, 6.45) is 0.496. The Morgan fingerprint density at radius 2 is 1.93 bits per heavy atom. The fraction of sp³-hybridized carbons (Fsp3) is 0.235. The Balaban J connectivity index is 2.33. The molecule has 144 valence electrons. The monoisotopic (exact) mass is 379 g/mol. The van der Waals surface area contributed by atoms with Crippen molar-refractivity contribution in [2.75, 3.05) is 7.11 Å². The van der Waals surface area contributed by atoms with Crippen molar-refractivity contribution in [1.29, 1.82) is 0 Å². The molecular weight excluding hydrogens is 361 g/mol. The number of halogens is 1. The van der Waals surface area contributed by atoms with Crippen LogP contribution in [0.4, 0.5) is 9.18 Å². The summed E-state index contributed by atoms with van der Waals surface area (Å²) in [6, 6.07) is 5.50. The number of rotatable bonds is 6. The average molecular weight is 379 g/mol. The molecule has 0 saturated carbocycles. The number of nitrogens with zero attached hydrogens (tertiary/aromatic N) is 2. The van der Waals surface area contributed by atoms with Gasteiger partial charge in [0.2, 0.25) is 0 Å². The van der Waals surface area contributed by atoms with Gasteiger partial charge >= 0.3 is 6.09 Å². The van der Waals surface area contributed by atoms with Gasteiger partial charge < -0.3 is 14.9 Å². The van der Waals surface area contributed by atoms with Crippen LogP contribution in [-0.2, 0) is 24.4 Å². The van der Waals surface area contributed by atoms with Gasteiger partial charge in [0.15, 0.2) is 11.4 Å². The first kappa shape index (κ1) is 20.1. The zero-order chi connectivity index (χ0) is 20.0. The Labute approximate surface area is 153 Å². The number of benzene rings is 1. The lowest BCUT2D eigenvalue weighted by Crippen LogP contribution is -2.30. The highest BCUT2D eigenvalue weighted by Gasteiger charge is 2.22. The number of aromatic hydroxyl groups is 1. The van der Waals surface area contributed by atoms with E-state index < -0.39 is 35.9 Å². The van der Waals surface area contributed by atoms with Gasteiger partial charge in [-0.05, 0) is 23.3 Å².